The third-order valence-electron chi connectivity index (χ3n) is 7.64. The molecule has 8 aromatic rings. The van der Waals surface area contributed by atoms with Gasteiger partial charge >= 0.3 is 0 Å². The van der Waals surface area contributed by atoms with E-state index in [9.17, 15) is 4.79 Å². The second kappa shape index (κ2) is 8.33. The summed E-state index contributed by atoms with van der Waals surface area (Å²) in [6.45, 7) is 0. The van der Waals surface area contributed by atoms with Crippen LogP contribution in [0.15, 0.2) is 144 Å². The van der Waals surface area contributed by atoms with Crippen molar-refractivity contribution in [1.82, 2.24) is 13.7 Å². The van der Waals surface area contributed by atoms with Gasteiger partial charge in [0.25, 0.3) is 5.56 Å². The van der Waals surface area contributed by atoms with E-state index in [0.29, 0.717) is 5.52 Å². The number of hydrogen-bond acceptors (Lipinski definition) is 1. The minimum Gasteiger partial charge on any atom is -0.304 e. The molecule has 0 bridgehead atoms. The standard InChI is InChI=1S/C35H23N3O/c39-35-33-31(27-20-10-12-22-29(27)36(33)24-14-4-1-5-15-24)32-28-21-11-13-23-30(28)37(25-16-6-2-7-17-25)34(32)38(35)26-18-8-3-9-19-26/h1-23H. The fourth-order valence-corrected chi connectivity index (χ4v) is 6.08. The highest BCUT2D eigenvalue weighted by molar-refractivity contribution is 6.28. The fourth-order valence-electron chi connectivity index (χ4n) is 6.08. The topological polar surface area (TPSA) is 31.9 Å². The van der Waals surface area contributed by atoms with Crippen LogP contribution in [0.3, 0.4) is 0 Å². The van der Waals surface area contributed by atoms with Crippen LogP contribution in [-0.2, 0) is 0 Å². The number of hydrogen-bond donors (Lipinski definition) is 0. The minimum atomic E-state index is -0.0521. The molecular weight excluding hydrogens is 478 g/mol. The lowest BCUT2D eigenvalue weighted by molar-refractivity contribution is 0.985. The molecule has 8 rings (SSSR count). The van der Waals surface area contributed by atoms with Crippen molar-refractivity contribution < 1.29 is 0 Å². The molecule has 0 N–H and O–H groups in total. The van der Waals surface area contributed by atoms with Crippen molar-refractivity contribution in [3.8, 4) is 17.1 Å². The maximum atomic E-state index is 14.9. The number of aromatic nitrogens is 3. The average Bonchev–Trinajstić information content (AvgIpc) is 3.52. The second-order valence-electron chi connectivity index (χ2n) is 9.77. The first-order valence-electron chi connectivity index (χ1n) is 13.1. The highest BCUT2D eigenvalue weighted by Gasteiger charge is 2.26. The van der Waals surface area contributed by atoms with Crippen molar-refractivity contribution in [2.75, 3.05) is 0 Å². The maximum absolute atomic E-state index is 14.9. The molecule has 0 amide bonds. The van der Waals surface area contributed by atoms with Gasteiger partial charge in [-0.05, 0) is 48.5 Å². The first kappa shape index (κ1) is 21.7. The summed E-state index contributed by atoms with van der Waals surface area (Å²) in [6.07, 6.45) is 0. The average molecular weight is 502 g/mol. The Kier molecular flexibility index (Phi) is 4.64. The van der Waals surface area contributed by atoms with Gasteiger partial charge in [-0.1, -0.05) is 91.0 Å². The first-order valence-corrected chi connectivity index (χ1v) is 13.1. The maximum Gasteiger partial charge on any atom is 0.281 e. The lowest BCUT2D eigenvalue weighted by Crippen LogP contribution is -2.22. The summed E-state index contributed by atoms with van der Waals surface area (Å²) < 4.78 is 6.25. The van der Waals surface area contributed by atoms with E-state index in [-0.39, 0.29) is 5.56 Å². The van der Waals surface area contributed by atoms with E-state index in [0.717, 1.165) is 55.3 Å². The molecule has 0 saturated carbocycles. The summed E-state index contributed by atoms with van der Waals surface area (Å²) in [6, 6.07) is 47.3. The van der Waals surface area contributed by atoms with Gasteiger partial charge < -0.3 is 4.57 Å². The van der Waals surface area contributed by atoms with Crippen LogP contribution < -0.4 is 5.56 Å². The monoisotopic (exact) mass is 501 g/mol. The molecule has 184 valence electrons. The number of nitrogens with zero attached hydrogens (tertiary/aromatic N) is 3. The molecule has 0 aliphatic carbocycles. The summed E-state index contributed by atoms with van der Waals surface area (Å²) in [4.78, 5) is 14.9. The number of para-hydroxylation sites is 5. The number of pyridine rings is 1. The molecule has 0 spiro atoms. The van der Waals surface area contributed by atoms with Crippen LogP contribution >= 0.6 is 0 Å². The molecule has 0 atom stereocenters. The molecule has 0 unspecified atom stereocenters. The van der Waals surface area contributed by atoms with Gasteiger partial charge in [0.1, 0.15) is 11.2 Å². The van der Waals surface area contributed by atoms with Crippen LogP contribution in [0.2, 0.25) is 0 Å². The molecule has 0 radical (unpaired) electrons. The quantitative estimate of drug-likeness (QED) is 0.241. The highest BCUT2D eigenvalue weighted by atomic mass is 16.1. The zero-order valence-electron chi connectivity index (χ0n) is 21.0. The smallest absolute Gasteiger partial charge is 0.281 e. The van der Waals surface area contributed by atoms with Gasteiger partial charge in [0.2, 0.25) is 0 Å². The van der Waals surface area contributed by atoms with Gasteiger partial charge in [0.05, 0.1) is 16.7 Å². The second-order valence-corrected chi connectivity index (χ2v) is 9.77. The molecule has 0 aliphatic heterocycles. The van der Waals surface area contributed by atoms with E-state index in [1.807, 2.05) is 77.4 Å². The van der Waals surface area contributed by atoms with Crippen molar-refractivity contribution >= 4 is 43.7 Å². The van der Waals surface area contributed by atoms with Gasteiger partial charge in [-0.25, -0.2) is 0 Å². The van der Waals surface area contributed by atoms with E-state index in [1.165, 1.54) is 0 Å². The number of benzene rings is 5. The van der Waals surface area contributed by atoms with Gasteiger partial charge in [-0.3, -0.25) is 13.9 Å². The summed E-state index contributed by atoms with van der Waals surface area (Å²) >= 11 is 0. The Morgan fingerprint density at radius 2 is 0.795 bits per heavy atom. The first-order chi connectivity index (χ1) is 19.3. The SMILES string of the molecule is O=c1c2c(c3ccccc3n2-c2ccccc2)c2c3ccccc3n(-c3ccccc3)c2n1-c1ccccc1. The zero-order chi connectivity index (χ0) is 25.9. The molecule has 0 saturated heterocycles. The molecule has 3 aromatic heterocycles. The summed E-state index contributed by atoms with van der Waals surface area (Å²) in [7, 11) is 0. The Morgan fingerprint density at radius 3 is 1.36 bits per heavy atom. The number of rotatable bonds is 3. The van der Waals surface area contributed by atoms with Crippen LogP contribution in [0.4, 0.5) is 0 Å². The summed E-state index contributed by atoms with van der Waals surface area (Å²) in [5.41, 5.74) is 6.37. The van der Waals surface area contributed by atoms with E-state index >= 15 is 0 Å². The van der Waals surface area contributed by atoms with Crippen LogP contribution in [-0.4, -0.2) is 13.7 Å². The third kappa shape index (κ3) is 3.03. The van der Waals surface area contributed by atoms with Crippen molar-refractivity contribution in [1.29, 1.82) is 0 Å². The summed E-state index contributed by atoms with van der Waals surface area (Å²) in [5, 5.41) is 4.22. The third-order valence-corrected chi connectivity index (χ3v) is 7.64. The lowest BCUT2D eigenvalue weighted by Gasteiger charge is -2.15. The van der Waals surface area contributed by atoms with E-state index in [1.54, 1.807) is 0 Å². The Bertz CT molecular complexity index is 2220. The zero-order valence-corrected chi connectivity index (χ0v) is 21.0. The number of fused-ring (bicyclic) bond motifs is 7. The van der Waals surface area contributed by atoms with Crippen molar-refractivity contribution in [2.45, 2.75) is 0 Å². The van der Waals surface area contributed by atoms with E-state index in [4.69, 9.17) is 0 Å². The van der Waals surface area contributed by atoms with Gasteiger partial charge in [-0.15, -0.1) is 0 Å². The Morgan fingerprint density at radius 1 is 0.385 bits per heavy atom. The van der Waals surface area contributed by atoms with Gasteiger partial charge in [0.15, 0.2) is 0 Å². The van der Waals surface area contributed by atoms with Crippen LogP contribution in [0.5, 0.6) is 0 Å². The lowest BCUT2D eigenvalue weighted by atomic mass is 10.1. The molecule has 4 nitrogen and oxygen atoms in total. The molecular formula is C35H23N3O. The fraction of sp³-hybridized carbons (Fsp3) is 0. The van der Waals surface area contributed by atoms with Crippen molar-refractivity contribution in [3.05, 3.63) is 150 Å². The van der Waals surface area contributed by atoms with Gasteiger partial charge in [0, 0.05) is 32.9 Å². The molecule has 4 heteroatoms. The van der Waals surface area contributed by atoms with E-state index < -0.39 is 0 Å². The van der Waals surface area contributed by atoms with Crippen molar-refractivity contribution in [2.24, 2.45) is 0 Å². The molecule has 5 aromatic carbocycles. The van der Waals surface area contributed by atoms with Crippen LogP contribution in [0.25, 0.3) is 60.8 Å². The largest absolute Gasteiger partial charge is 0.304 e. The predicted molar refractivity (Wildman–Crippen MR) is 161 cm³/mol. The van der Waals surface area contributed by atoms with Crippen LogP contribution in [0, 0.1) is 0 Å². The van der Waals surface area contributed by atoms with Crippen molar-refractivity contribution in [3.63, 3.8) is 0 Å². The predicted octanol–water partition coefficient (Wildman–Crippen LogP) is 8.03. The minimum absolute atomic E-state index is 0.0521. The van der Waals surface area contributed by atoms with Gasteiger partial charge in [-0.2, -0.15) is 0 Å². The normalized spacial score (nSPS) is 11.7. The molecule has 3 heterocycles. The highest BCUT2D eigenvalue weighted by Crippen LogP contribution is 2.41. The Hall–Kier alpha value is -5.35. The Balaban J connectivity index is 1.74. The van der Waals surface area contributed by atoms with E-state index in [2.05, 4.69) is 75.9 Å². The van der Waals surface area contributed by atoms with Crippen LogP contribution in [0.1, 0.15) is 0 Å². The molecule has 0 fully saturated rings. The summed E-state index contributed by atoms with van der Waals surface area (Å²) in [5.74, 6) is 0. The molecule has 39 heavy (non-hydrogen) atoms. The molecule has 0 aliphatic rings. The Labute approximate surface area is 224 Å².